The van der Waals surface area contributed by atoms with E-state index in [0.717, 1.165) is 0 Å². The van der Waals surface area contributed by atoms with Crippen molar-refractivity contribution in [1.29, 1.82) is 0 Å². The Morgan fingerprint density at radius 3 is 2.14 bits per heavy atom. The average Bonchev–Trinajstić information content (AvgIpc) is 2.19. The summed E-state index contributed by atoms with van der Waals surface area (Å²) in [6.45, 7) is 2.42. The van der Waals surface area contributed by atoms with Crippen molar-refractivity contribution in [3.63, 3.8) is 0 Å². The molecule has 0 bridgehead atoms. The molecular weight excluding hydrogens is 178 g/mol. The Labute approximate surface area is 82.0 Å². The molecule has 0 aromatic heterocycles. The molecule has 0 saturated heterocycles. The Balaban J connectivity index is 1.55. The molecule has 0 atom stereocenters. The van der Waals surface area contributed by atoms with E-state index >= 15 is 0 Å². The van der Waals surface area contributed by atoms with Gasteiger partial charge in [0.1, 0.15) is 0 Å². The lowest BCUT2D eigenvalue weighted by molar-refractivity contribution is -0.604. The van der Waals surface area contributed by atoms with Gasteiger partial charge < -0.3 is 10.5 Å². The second kappa shape index (κ2) is 1.37. The first-order valence-corrected chi connectivity index (χ1v) is 5.67. The Hall–Kier alpha value is -0.570. The van der Waals surface area contributed by atoms with Crippen LogP contribution >= 0.6 is 0 Å². The van der Waals surface area contributed by atoms with Crippen molar-refractivity contribution >= 4 is 5.97 Å². The summed E-state index contributed by atoms with van der Waals surface area (Å²) in [4.78, 5) is 11.9. The number of hydrogen-bond donors (Lipinski definition) is 1. The SMILES string of the molecule is CCOC(=O)C12C3C4C1C1C2C3C41N. The lowest BCUT2D eigenvalue weighted by Gasteiger charge is -3.09. The highest BCUT2D eigenvalue weighted by molar-refractivity contribution is 5.89. The van der Waals surface area contributed by atoms with Crippen molar-refractivity contribution in [3.05, 3.63) is 0 Å². The number of esters is 1. The molecular formula is C11H13NO2. The summed E-state index contributed by atoms with van der Waals surface area (Å²) in [6, 6.07) is 0. The van der Waals surface area contributed by atoms with Gasteiger partial charge >= 0.3 is 5.97 Å². The predicted molar refractivity (Wildman–Crippen MR) is 46.9 cm³/mol. The van der Waals surface area contributed by atoms with Gasteiger partial charge in [0.25, 0.3) is 0 Å². The Bertz CT molecular complexity index is 349. The number of carbonyl (C=O) groups is 1. The third kappa shape index (κ3) is 0.266. The fourth-order valence-corrected chi connectivity index (χ4v) is 6.28. The van der Waals surface area contributed by atoms with Crippen LogP contribution < -0.4 is 5.73 Å². The first-order valence-electron chi connectivity index (χ1n) is 5.67. The molecule has 6 fully saturated rings. The molecule has 14 heavy (non-hydrogen) atoms. The maximum Gasteiger partial charge on any atom is 0.312 e. The summed E-state index contributed by atoms with van der Waals surface area (Å²) in [5, 5.41) is 0. The van der Waals surface area contributed by atoms with E-state index in [1.165, 1.54) is 0 Å². The van der Waals surface area contributed by atoms with Crippen molar-refractivity contribution in [2.45, 2.75) is 12.5 Å². The normalized spacial score (nSPS) is 77.0. The summed E-state index contributed by atoms with van der Waals surface area (Å²) in [5.41, 5.74) is 6.49. The van der Waals surface area contributed by atoms with Crippen LogP contribution in [-0.2, 0) is 9.53 Å². The van der Waals surface area contributed by atoms with Gasteiger partial charge in [-0.05, 0) is 42.4 Å². The van der Waals surface area contributed by atoms with E-state index < -0.39 is 0 Å². The van der Waals surface area contributed by atoms with Crippen LogP contribution in [0, 0.1) is 40.9 Å². The van der Waals surface area contributed by atoms with Crippen LogP contribution in [0.25, 0.3) is 0 Å². The third-order valence-electron chi connectivity index (χ3n) is 6.34. The summed E-state index contributed by atoms with van der Waals surface area (Å²) in [6.07, 6.45) is 0. The van der Waals surface area contributed by atoms with Crippen molar-refractivity contribution < 1.29 is 9.53 Å². The van der Waals surface area contributed by atoms with Gasteiger partial charge in [0, 0.05) is 5.54 Å². The predicted octanol–water partition coefficient (Wildman–Crippen LogP) is -0.00140. The van der Waals surface area contributed by atoms with Gasteiger partial charge in [-0.3, -0.25) is 4.79 Å². The quantitative estimate of drug-likeness (QED) is 0.625. The van der Waals surface area contributed by atoms with Crippen LogP contribution in [0.3, 0.4) is 0 Å². The molecule has 74 valence electrons. The van der Waals surface area contributed by atoms with Crippen LogP contribution in [0.1, 0.15) is 6.92 Å². The summed E-state index contributed by atoms with van der Waals surface area (Å²) in [5.74, 6) is 4.18. The zero-order valence-corrected chi connectivity index (χ0v) is 8.07. The minimum absolute atomic E-state index is 0.0110. The number of hydrogen-bond acceptors (Lipinski definition) is 3. The molecule has 6 saturated carbocycles. The molecule has 0 heterocycles. The Morgan fingerprint density at radius 2 is 1.71 bits per heavy atom. The average molecular weight is 191 g/mol. The van der Waals surface area contributed by atoms with Crippen molar-refractivity contribution in [1.82, 2.24) is 0 Å². The highest BCUT2D eigenvalue weighted by Gasteiger charge is 3.11. The molecule has 0 amide bonds. The highest BCUT2D eigenvalue weighted by Crippen LogP contribution is 3.06. The minimum atomic E-state index is 0.0110. The first kappa shape index (κ1) is 6.83. The van der Waals surface area contributed by atoms with Crippen molar-refractivity contribution in [2.75, 3.05) is 6.61 Å². The topological polar surface area (TPSA) is 52.3 Å². The van der Waals surface area contributed by atoms with E-state index in [1.54, 1.807) is 0 Å². The van der Waals surface area contributed by atoms with Crippen LogP contribution in [-0.4, -0.2) is 18.1 Å². The maximum atomic E-state index is 11.9. The summed E-state index contributed by atoms with van der Waals surface area (Å²) < 4.78 is 5.20. The standard InChI is InChI=1S/C11H13NO2/c1-2-14-9(13)10-3-6-4(10)8-5(10)7(3)11(6,8)12/h3-8H,2,12H2,1H3. The van der Waals surface area contributed by atoms with Gasteiger partial charge in [-0.1, -0.05) is 0 Å². The molecule has 0 unspecified atom stereocenters. The van der Waals surface area contributed by atoms with Gasteiger partial charge in [0.05, 0.1) is 12.0 Å². The number of nitrogens with two attached hydrogens (primary N) is 1. The molecule has 0 aromatic carbocycles. The lowest BCUT2D eigenvalue weighted by Crippen LogP contribution is -3.15. The first-order chi connectivity index (χ1) is 6.71. The smallest absolute Gasteiger partial charge is 0.312 e. The maximum absolute atomic E-state index is 11.9. The van der Waals surface area contributed by atoms with Crippen LogP contribution in [0.4, 0.5) is 0 Å². The zero-order valence-electron chi connectivity index (χ0n) is 8.07. The molecule has 0 spiro atoms. The molecule has 0 aromatic rings. The van der Waals surface area contributed by atoms with E-state index in [9.17, 15) is 4.79 Å². The lowest BCUT2D eigenvalue weighted by atomic mass is 8.94. The Morgan fingerprint density at radius 1 is 1.21 bits per heavy atom. The van der Waals surface area contributed by atoms with Gasteiger partial charge in [-0.15, -0.1) is 0 Å². The van der Waals surface area contributed by atoms with E-state index in [4.69, 9.17) is 10.5 Å². The van der Waals surface area contributed by atoms with E-state index in [1.807, 2.05) is 6.92 Å². The van der Waals surface area contributed by atoms with Crippen molar-refractivity contribution in [3.8, 4) is 0 Å². The molecule has 0 radical (unpaired) electrons. The van der Waals surface area contributed by atoms with Crippen LogP contribution in [0.2, 0.25) is 0 Å². The fraction of sp³-hybridized carbons (Fsp3) is 0.909. The summed E-state index contributed by atoms with van der Waals surface area (Å²) >= 11 is 0. The molecule has 3 heteroatoms. The van der Waals surface area contributed by atoms with Gasteiger partial charge in [-0.25, -0.2) is 0 Å². The molecule has 6 aliphatic rings. The number of ether oxygens (including phenoxy) is 1. The second-order valence-electron chi connectivity index (χ2n) is 5.81. The highest BCUT2D eigenvalue weighted by atomic mass is 16.5. The largest absolute Gasteiger partial charge is 0.466 e. The monoisotopic (exact) mass is 191 g/mol. The molecule has 3 nitrogen and oxygen atoms in total. The molecule has 0 aliphatic heterocycles. The third-order valence-corrected chi connectivity index (χ3v) is 6.34. The number of carbonyl (C=O) groups excluding carboxylic acids is 1. The van der Waals surface area contributed by atoms with Crippen LogP contribution in [0.5, 0.6) is 0 Å². The van der Waals surface area contributed by atoms with Gasteiger partial charge in [-0.2, -0.15) is 0 Å². The second-order valence-corrected chi connectivity index (χ2v) is 5.81. The van der Waals surface area contributed by atoms with E-state index in [0.29, 0.717) is 42.1 Å². The van der Waals surface area contributed by atoms with Gasteiger partial charge in [0.2, 0.25) is 0 Å². The fourth-order valence-electron chi connectivity index (χ4n) is 6.28. The Kier molecular flexibility index (Phi) is 0.668. The van der Waals surface area contributed by atoms with E-state index in [2.05, 4.69) is 0 Å². The van der Waals surface area contributed by atoms with Crippen molar-refractivity contribution in [2.24, 2.45) is 46.7 Å². The number of rotatable bonds is 2. The molecule has 6 rings (SSSR count). The van der Waals surface area contributed by atoms with Crippen LogP contribution in [0.15, 0.2) is 0 Å². The van der Waals surface area contributed by atoms with Gasteiger partial charge in [0.15, 0.2) is 0 Å². The molecule has 6 aliphatic carbocycles. The molecule has 2 N–H and O–H groups in total. The summed E-state index contributed by atoms with van der Waals surface area (Å²) in [7, 11) is 0. The van der Waals surface area contributed by atoms with E-state index in [-0.39, 0.29) is 16.9 Å². The zero-order chi connectivity index (χ0) is 9.46. The minimum Gasteiger partial charge on any atom is -0.466 e.